The second-order valence-corrected chi connectivity index (χ2v) is 5.31. The third-order valence-corrected chi connectivity index (χ3v) is 3.77. The number of hydrogen-bond donors (Lipinski definition) is 2. The SMILES string of the molecule is Cn1ccc(C(=O)NCc2sccc2C#CCN)cc1=O. The molecule has 0 aromatic carbocycles. The molecule has 0 radical (unpaired) electrons. The Balaban J connectivity index is 2.06. The molecule has 5 nitrogen and oxygen atoms in total. The molecule has 0 aliphatic carbocycles. The molecule has 2 heterocycles. The van der Waals surface area contributed by atoms with Gasteiger partial charge in [-0.3, -0.25) is 9.59 Å². The third-order valence-electron chi connectivity index (χ3n) is 2.85. The first kappa shape index (κ1) is 15.0. The van der Waals surface area contributed by atoms with Gasteiger partial charge in [0.05, 0.1) is 13.1 Å². The Labute approximate surface area is 126 Å². The number of pyridine rings is 1. The molecular formula is C15H15N3O2S. The smallest absolute Gasteiger partial charge is 0.251 e. The predicted molar refractivity (Wildman–Crippen MR) is 83.1 cm³/mol. The van der Waals surface area contributed by atoms with Crippen LogP contribution in [-0.4, -0.2) is 17.0 Å². The number of nitrogens with two attached hydrogens (primary N) is 1. The first-order valence-electron chi connectivity index (χ1n) is 6.32. The summed E-state index contributed by atoms with van der Waals surface area (Å²) in [5, 5.41) is 4.71. The highest BCUT2D eigenvalue weighted by Crippen LogP contribution is 2.15. The normalized spacial score (nSPS) is 9.81. The third kappa shape index (κ3) is 3.81. The van der Waals surface area contributed by atoms with Crippen LogP contribution in [0.3, 0.4) is 0 Å². The largest absolute Gasteiger partial charge is 0.347 e. The molecule has 0 fully saturated rings. The number of nitrogens with one attached hydrogen (secondary N) is 1. The van der Waals surface area contributed by atoms with Crippen molar-refractivity contribution in [1.29, 1.82) is 0 Å². The number of aromatic nitrogens is 1. The second kappa shape index (κ2) is 6.88. The summed E-state index contributed by atoms with van der Waals surface area (Å²) in [5.41, 5.74) is 6.35. The van der Waals surface area contributed by atoms with Crippen LogP contribution in [0.1, 0.15) is 20.8 Å². The van der Waals surface area contributed by atoms with Crippen LogP contribution in [0.4, 0.5) is 0 Å². The second-order valence-electron chi connectivity index (χ2n) is 4.31. The first-order valence-corrected chi connectivity index (χ1v) is 7.20. The summed E-state index contributed by atoms with van der Waals surface area (Å²) < 4.78 is 1.41. The van der Waals surface area contributed by atoms with E-state index in [-0.39, 0.29) is 11.5 Å². The van der Waals surface area contributed by atoms with Crippen LogP contribution >= 0.6 is 11.3 Å². The van der Waals surface area contributed by atoms with Crippen LogP contribution in [0.15, 0.2) is 34.6 Å². The number of hydrogen-bond acceptors (Lipinski definition) is 4. The molecule has 3 N–H and O–H groups in total. The van der Waals surface area contributed by atoms with Crippen molar-refractivity contribution in [3.63, 3.8) is 0 Å². The quantitative estimate of drug-likeness (QED) is 0.819. The Morgan fingerprint density at radius 2 is 2.29 bits per heavy atom. The minimum Gasteiger partial charge on any atom is -0.347 e. The lowest BCUT2D eigenvalue weighted by atomic mass is 10.2. The van der Waals surface area contributed by atoms with Crippen LogP contribution in [0.2, 0.25) is 0 Å². The molecule has 21 heavy (non-hydrogen) atoms. The molecule has 2 aromatic heterocycles. The van der Waals surface area contributed by atoms with Crippen LogP contribution in [0.5, 0.6) is 0 Å². The van der Waals surface area contributed by atoms with Crippen LogP contribution < -0.4 is 16.6 Å². The zero-order valence-corrected chi connectivity index (χ0v) is 12.4. The minimum atomic E-state index is -0.279. The van der Waals surface area contributed by atoms with Gasteiger partial charge in [0, 0.05) is 35.3 Å². The molecule has 2 aromatic rings. The van der Waals surface area contributed by atoms with Crippen molar-refractivity contribution in [2.24, 2.45) is 12.8 Å². The van der Waals surface area contributed by atoms with Gasteiger partial charge in [-0.15, -0.1) is 11.3 Å². The Morgan fingerprint density at radius 1 is 1.48 bits per heavy atom. The fourth-order valence-electron chi connectivity index (χ4n) is 1.69. The summed E-state index contributed by atoms with van der Waals surface area (Å²) in [7, 11) is 1.64. The van der Waals surface area contributed by atoms with Gasteiger partial charge in [0.1, 0.15) is 0 Å². The highest BCUT2D eigenvalue weighted by molar-refractivity contribution is 7.10. The van der Waals surface area contributed by atoms with Gasteiger partial charge in [-0.25, -0.2) is 0 Å². The van der Waals surface area contributed by atoms with Gasteiger partial charge in [-0.05, 0) is 17.5 Å². The Morgan fingerprint density at radius 3 is 3.00 bits per heavy atom. The van der Waals surface area contributed by atoms with Crippen LogP contribution in [0, 0.1) is 11.8 Å². The molecule has 2 rings (SSSR count). The highest BCUT2D eigenvalue weighted by atomic mass is 32.1. The van der Waals surface area contributed by atoms with Crippen molar-refractivity contribution in [2.75, 3.05) is 6.54 Å². The molecule has 108 valence electrons. The van der Waals surface area contributed by atoms with E-state index in [2.05, 4.69) is 17.2 Å². The van der Waals surface area contributed by atoms with Gasteiger partial charge in [-0.2, -0.15) is 0 Å². The number of thiophene rings is 1. The van der Waals surface area contributed by atoms with Crippen LogP contribution in [-0.2, 0) is 13.6 Å². The summed E-state index contributed by atoms with van der Waals surface area (Å²) in [4.78, 5) is 24.5. The summed E-state index contributed by atoms with van der Waals surface area (Å²) in [5.74, 6) is 5.48. The highest BCUT2D eigenvalue weighted by Gasteiger charge is 2.08. The summed E-state index contributed by atoms with van der Waals surface area (Å²) in [6, 6.07) is 4.83. The number of aryl methyl sites for hydroxylation is 1. The van der Waals surface area contributed by atoms with Crippen molar-refractivity contribution in [1.82, 2.24) is 9.88 Å². The summed E-state index contributed by atoms with van der Waals surface area (Å²) in [6.07, 6.45) is 1.57. The van der Waals surface area contributed by atoms with Gasteiger partial charge in [0.25, 0.3) is 11.5 Å². The maximum atomic E-state index is 12.0. The molecule has 6 heteroatoms. The van der Waals surface area contributed by atoms with Gasteiger partial charge < -0.3 is 15.6 Å². The van der Waals surface area contributed by atoms with Gasteiger partial charge in [0.15, 0.2) is 0 Å². The van der Waals surface area contributed by atoms with Gasteiger partial charge in [0.2, 0.25) is 0 Å². The molecule has 0 atom stereocenters. The predicted octanol–water partition coefficient (Wildman–Crippen LogP) is 0.687. The standard InChI is InChI=1S/C15H15N3O2S/c1-18-7-4-12(9-14(18)19)15(20)17-10-13-11(3-2-6-16)5-8-21-13/h4-5,7-9H,6,10,16H2,1H3,(H,17,20). The summed E-state index contributed by atoms with van der Waals surface area (Å²) in [6.45, 7) is 0.676. The number of amides is 1. The lowest BCUT2D eigenvalue weighted by Gasteiger charge is -2.05. The lowest BCUT2D eigenvalue weighted by molar-refractivity contribution is 0.0951. The monoisotopic (exact) mass is 301 g/mol. The fraction of sp³-hybridized carbons (Fsp3) is 0.200. The number of nitrogens with zero attached hydrogens (tertiary/aromatic N) is 1. The number of carbonyl (C=O) groups is 1. The van der Waals surface area contributed by atoms with Crippen LogP contribution in [0.25, 0.3) is 0 Å². The molecule has 0 unspecified atom stereocenters. The molecule has 0 aliphatic heterocycles. The van der Waals surface area contributed by atoms with Gasteiger partial charge >= 0.3 is 0 Å². The molecule has 1 amide bonds. The Hall–Kier alpha value is -2.36. The Bertz CT molecular complexity index is 765. The zero-order valence-electron chi connectivity index (χ0n) is 11.6. The van der Waals surface area contributed by atoms with E-state index >= 15 is 0 Å². The van der Waals surface area contributed by atoms with E-state index in [0.29, 0.717) is 18.7 Å². The van der Waals surface area contributed by atoms with Crippen molar-refractivity contribution in [3.8, 4) is 11.8 Å². The molecule has 0 aliphatic rings. The number of carbonyl (C=O) groups excluding carboxylic acids is 1. The average Bonchev–Trinajstić information content (AvgIpc) is 2.92. The molecular weight excluding hydrogens is 286 g/mol. The first-order chi connectivity index (χ1) is 10.1. The topological polar surface area (TPSA) is 77.1 Å². The molecule has 0 bridgehead atoms. The maximum Gasteiger partial charge on any atom is 0.251 e. The van der Waals surface area contributed by atoms with E-state index in [1.807, 2.05) is 11.4 Å². The van der Waals surface area contributed by atoms with E-state index in [9.17, 15) is 9.59 Å². The fourth-order valence-corrected chi connectivity index (χ4v) is 2.46. The van der Waals surface area contributed by atoms with Crippen molar-refractivity contribution in [3.05, 3.63) is 56.1 Å². The van der Waals surface area contributed by atoms with Crippen molar-refractivity contribution in [2.45, 2.75) is 6.54 Å². The van der Waals surface area contributed by atoms with E-state index in [1.54, 1.807) is 19.3 Å². The molecule has 0 saturated heterocycles. The van der Waals surface area contributed by atoms with Crippen molar-refractivity contribution >= 4 is 17.2 Å². The van der Waals surface area contributed by atoms with E-state index in [4.69, 9.17) is 5.73 Å². The Kier molecular flexibility index (Phi) is 4.93. The maximum absolute atomic E-state index is 12.0. The van der Waals surface area contributed by atoms with E-state index in [1.165, 1.54) is 22.0 Å². The van der Waals surface area contributed by atoms with E-state index < -0.39 is 0 Å². The summed E-state index contributed by atoms with van der Waals surface area (Å²) >= 11 is 1.52. The van der Waals surface area contributed by atoms with Gasteiger partial charge in [-0.1, -0.05) is 11.8 Å². The molecule has 0 saturated carbocycles. The zero-order chi connectivity index (χ0) is 15.2. The number of rotatable bonds is 3. The average molecular weight is 301 g/mol. The van der Waals surface area contributed by atoms with Crippen molar-refractivity contribution < 1.29 is 4.79 Å². The molecule has 0 spiro atoms. The minimum absolute atomic E-state index is 0.215. The lowest BCUT2D eigenvalue weighted by Crippen LogP contribution is -2.25. The van der Waals surface area contributed by atoms with E-state index in [0.717, 1.165) is 10.4 Å².